The molecule has 0 aromatic rings. The van der Waals surface area contributed by atoms with Crippen LogP contribution in [0, 0.1) is 0 Å². The minimum absolute atomic E-state index is 0.0813. The number of carbonyl (C=O) groups is 1. The van der Waals surface area contributed by atoms with Crippen LogP contribution in [-0.2, 0) is 23.7 Å². The Morgan fingerprint density at radius 1 is 0.720 bits per heavy atom. The van der Waals surface area contributed by atoms with E-state index in [1.54, 1.807) is 18.9 Å². The van der Waals surface area contributed by atoms with Crippen LogP contribution >= 0.6 is 0 Å². The van der Waals surface area contributed by atoms with Gasteiger partial charge in [-0.2, -0.15) is 0 Å². The van der Waals surface area contributed by atoms with E-state index in [0.29, 0.717) is 46.2 Å². The number of ether oxygens (including phenoxy) is 4. The zero-order valence-corrected chi connectivity index (χ0v) is 16.6. The Morgan fingerprint density at radius 3 is 1.52 bits per heavy atom. The molecule has 1 amide bonds. The van der Waals surface area contributed by atoms with E-state index in [2.05, 4.69) is 18.9 Å². The molecule has 0 heterocycles. The molecule has 0 aliphatic carbocycles. The third-order valence-corrected chi connectivity index (χ3v) is 3.80. The zero-order valence-electron chi connectivity index (χ0n) is 16.6. The van der Waals surface area contributed by atoms with E-state index in [1.807, 2.05) is 0 Å². The number of nitrogens with zero attached hydrogens (tertiary/aromatic N) is 2. The maximum absolute atomic E-state index is 11.0. The summed E-state index contributed by atoms with van der Waals surface area (Å²) in [7, 11) is 3.91. The monoisotopic (exact) mass is 362 g/mol. The first-order chi connectivity index (χ1) is 12.1. The maximum atomic E-state index is 11.0. The molecule has 0 unspecified atom stereocenters. The molecule has 0 N–H and O–H groups in total. The minimum Gasteiger partial charge on any atom is -0.379 e. The van der Waals surface area contributed by atoms with E-state index in [0.717, 1.165) is 39.1 Å². The predicted molar refractivity (Wildman–Crippen MR) is 99.0 cm³/mol. The lowest BCUT2D eigenvalue weighted by atomic mass is 10.4. The van der Waals surface area contributed by atoms with Crippen molar-refractivity contribution in [1.82, 2.24) is 9.80 Å². The lowest BCUT2D eigenvalue weighted by molar-refractivity contribution is -0.127. The highest BCUT2D eigenvalue weighted by Gasteiger charge is 2.00. The van der Waals surface area contributed by atoms with Gasteiger partial charge in [-0.15, -0.1) is 0 Å². The standard InChI is InChI=1S/C18H38N2O5/c1-5-19(3)8-6-10-22-12-14-24-16-17-25-15-13-23-11-7-9-20(4)18(2)21/h5-17H2,1-4H3. The Kier molecular flexibility index (Phi) is 17.5. The molecule has 7 heteroatoms. The topological polar surface area (TPSA) is 60.5 Å². The van der Waals surface area contributed by atoms with Crippen LogP contribution in [-0.4, -0.2) is 102 Å². The lowest BCUT2D eigenvalue weighted by Gasteiger charge is -2.14. The highest BCUT2D eigenvalue weighted by atomic mass is 16.6. The van der Waals surface area contributed by atoms with Crippen LogP contribution in [0.1, 0.15) is 26.7 Å². The van der Waals surface area contributed by atoms with Gasteiger partial charge in [0.05, 0.1) is 39.6 Å². The Hall–Kier alpha value is -0.730. The SMILES string of the molecule is CCN(C)CCCOCCOCCOCCOCCCN(C)C(C)=O. The van der Waals surface area contributed by atoms with Gasteiger partial charge in [-0.25, -0.2) is 0 Å². The Labute approximate surface area is 153 Å². The lowest BCUT2D eigenvalue weighted by Crippen LogP contribution is -2.25. The smallest absolute Gasteiger partial charge is 0.219 e. The summed E-state index contributed by atoms with van der Waals surface area (Å²) in [5.74, 6) is 0.0813. The molecule has 0 aromatic heterocycles. The summed E-state index contributed by atoms with van der Waals surface area (Å²) in [4.78, 5) is 15.0. The summed E-state index contributed by atoms with van der Waals surface area (Å²) in [6.07, 6.45) is 1.90. The third kappa shape index (κ3) is 17.9. The molecule has 0 radical (unpaired) electrons. The van der Waals surface area contributed by atoms with Crippen molar-refractivity contribution in [3.63, 3.8) is 0 Å². The van der Waals surface area contributed by atoms with E-state index in [1.165, 1.54) is 0 Å². The second kappa shape index (κ2) is 18.1. The van der Waals surface area contributed by atoms with Gasteiger partial charge >= 0.3 is 0 Å². The quantitative estimate of drug-likeness (QED) is 0.342. The molecule has 0 atom stereocenters. The van der Waals surface area contributed by atoms with Crippen LogP contribution in [0.5, 0.6) is 0 Å². The van der Waals surface area contributed by atoms with Crippen molar-refractivity contribution in [2.75, 3.05) is 86.6 Å². The molecular formula is C18H38N2O5. The summed E-state index contributed by atoms with van der Waals surface area (Å²) in [5.41, 5.74) is 0. The Morgan fingerprint density at radius 2 is 1.12 bits per heavy atom. The Balaban J connectivity index is 3.08. The molecular weight excluding hydrogens is 324 g/mol. The second-order valence-corrected chi connectivity index (χ2v) is 5.99. The fraction of sp³-hybridized carbons (Fsp3) is 0.944. The first kappa shape index (κ1) is 24.3. The summed E-state index contributed by atoms with van der Waals surface area (Å²) in [5, 5.41) is 0. The third-order valence-electron chi connectivity index (χ3n) is 3.80. The van der Waals surface area contributed by atoms with Crippen LogP contribution < -0.4 is 0 Å². The van der Waals surface area contributed by atoms with Gasteiger partial charge < -0.3 is 28.7 Å². The van der Waals surface area contributed by atoms with Gasteiger partial charge in [-0.1, -0.05) is 6.92 Å². The largest absolute Gasteiger partial charge is 0.379 e. The van der Waals surface area contributed by atoms with Crippen LogP contribution in [0.4, 0.5) is 0 Å². The molecule has 7 nitrogen and oxygen atoms in total. The van der Waals surface area contributed by atoms with Crippen molar-refractivity contribution in [2.45, 2.75) is 26.7 Å². The molecule has 0 spiro atoms. The van der Waals surface area contributed by atoms with Gasteiger partial charge in [0.15, 0.2) is 0 Å². The molecule has 25 heavy (non-hydrogen) atoms. The van der Waals surface area contributed by atoms with Crippen LogP contribution in [0.2, 0.25) is 0 Å². The fourth-order valence-corrected chi connectivity index (χ4v) is 1.92. The van der Waals surface area contributed by atoms with E-state index in [9.17, 15) is 4.79 Å². The molecule has 0 aliphatic rings. The molecule has 0 saturated heterocycles. The van der Waals surface area contributed by atoms with Gasteiger partial charge in [0.1, 0.15) is 0 Å². The van der Waals surface area contributed by atoms with Crippen molar-refractivity contribution < 1.29 is 23.7 Å². The summed E-state index contributed by atoms with van der Waals surface area (Å²) in [6, 6.07) is 0. The number of carbonyl (C=O) groups excluding carboxylic acids is 1. The van der Waals surface area contributed by atoms with Crippen LogP contribution in [0.25, 0.3) is 0 Å². The molecule has 0 aliphatic heterocycles. The van der Waals surface area contributed by atoms with Gasteiger partial charge in [0.25, 0.3) is 0 Å². The van der Waals surface area contributed by atoms with Crippen molar-refractivity contribution in [3.05, 3.63) is 0 Å². The molecule has 150 valence electrons. The van der Waals surface area contributed by atoms with E-state index >= 15 is 0 Å². The molecule has 0 fully saturated rings. The minimum atomic E-state index is 0.0813. The van der Waals surface area contributed by atoms with Gasteiger partial charge in [-0.05, 0) is 26.4 Å². The summed E-state index contributed by atoms with van der Waals surface area (Å²) < 4.78 is 21.8. The fourth-order valence-electron chi connectivity index (χ4n) is 1.92. The Bertz CT molecular complexity index is 305. The number of hydrogen-bond acceptors (Lipinski definition) is 6. The van der Waals surface area contributed by atoms with Gasteiger partial charge in [0, 0.05) is 40.3 Å². The number of hydrogen-bond donors (Lipinski definition) is 0. The average Bonchev–Trinajstić information content (AvgIpc) is 2.60. The van der Waals surface area contributed by atoms with Crippen molar-refractivity contribution in [3.8, 4) is 0 Å². The molecule has 0 rings (SSSR count). The highest BCUT2D eigenvalue weighted by Crippen LogP contribution is 1.91. The van der Waals surface area contributed by atoms with Crippen LogP contribution in [0.15, 0.2) is 0 Å². The maximum Gasteiger partial charge on any atom is 0.219 e. The van der Waals surface area contributed by atoms with Crippen LogP contribution in [0.3, 0.4) is 0 Å². The van der Waals surface area contributed by atoms with E-state index in [4.69, 9.17) is 18.9 Å². The zero-order chi connectivity index (χ0) is 18.8. The predicted octanol–water partition coefficient (Wildman–Crippen LogP) is 1.26. The van der Waals surface area contributed by atoms with E-state index < -0.39 is 0 Å². The second-order valence-electron chi connectivity index (χ2n) is 5.99. The first-order valence-electron chi connectivity index (χ1n) is 9.29. The van der Waals surface area contributed by atoms with E-state index in [-0.39, 0.29) is 5.91 Å². The van der Waals surface area contributed by atoms with Crippen molar-refractivity contribution in [2.24, 2.45) is 0 Å². The normalized spacial score (nSPS) is 11.2. The highest BCUT2D eigenvalue weighted by molar-refractivity contribution is 5.72. The number of amides is 1. The summed E-state index contributed by atoms with van der Waals surface area (Å²) >= 11 is 0. The summed E-state index contributed by atoms with van der Waals surface area (Å²) in [6.45, 7) is 11.5. The average molecular weight is 363 g/mol. The first-order valence-corrected chi connectivity index (χ1v) is 9.29. The number of rotatable bonds is 18. The van der Waals surface area contributed by atoms with Crippen molar-refractivity contribution in [1.29, 1.82) is 0 Å². The molecule has 0 aromatic carbocycles. The molecule has 0 saturated carbocycles. The van der Waals surface area contributed by atoms with Gasteiger partial charge in [-0.3, -0.25) is 4.79 Å². The molecule has 0 bridgehead atoms. The van der Waals surface area contributed by atoms with Gasteiger partial charge in [0.2, 0.25) is 5.91 Å². The van der Waals surface area contributed by atoms with Crippen molar-refractivity contribution >= 4 is 5.91 Å².